The van der Waals surface area contributed by atoms with E-state index in [4.69, 9.17) is 0 Å². The van der Waals surface area contributed by atoms with E-state index in [0.29, 0.717) is 6.04 Å². The highest BCUT2D eigenvalue weighted by molar-refractivity contribution is 5.41. The third-order valence-electron chi connectivity index (χ3n) is 2.49. The summed E-state index contributed by atoms with van der Waals surface area (Å²) < 4.78 is 0. The first-order valence-electron chi connectivity index (χ1n) is 5.23. The maximum atomic E-state index is 4.41. The van der Waals surface area contributed by atoms with Crippen molar-refractivity contribution in [1.82, 2.24) is 15.3 Å². The molecule has 1 unspecified atom stereocenters. The van der Waals surface area contributed by atoms with Crippen molar-refractivity contribution in [2.45, 2.75) is 12.5 Å². The predicted molar refractivity (Wildman–Crippen MR) is 61.3 cm³/mol. The van der Waals surface area contributed by atoms with Crippen LogP contribution in [0, 0.1) is 0 Å². The molecular formula is C10H17N5. The number of nitrogens with zero attached hydrogens (tertiary/aromatic N) is 3. The lowest BCUT2D eigenvalue weighted by atomic mass is 10.3. The number of hydrogen-bond acceptors (Lipinski definition) is 5. The molecule has 0 bridgehead atoms. The van der Waals surface area contributed by atoms with E-state index in [9.17, 15) is 0 Å². The number of nitrogens with one attached hydrogen (secondary N) is 2. The molecule has 1 fully saturated rings. The molecule has 82 valence electrons. The van der Waals surface area contributed by atoms with Gasteiger partial charge in [0.1, 0.15) is 5.82 Å². The number of anilines is 2. The molecule has 0 amide bonds. The minimum absolute atomic E-state index is 0.461. The van der Waals surface area contributed by atoms with Gasteiger partial charge in [0.2, 0.25) is 5.95 Å². The molecule has 1 atom stereocenters. The van der Waals surface area contributed by atoms with E-state index in [1.807, 2.05) is 25.1 Å². The molecule has 0 saturated carbocycles. The van der Waals surface area contributed by atoms with E-state index in [0.717, 1.165) is 31.3 Å². The first-order chi connectivity index (χ1) is 7.25. The van der Waals surface area contributed by atoms with Gasteiger partial charge in [-0.05, 0) is 19.0 Å². The van der Waals surface area contributed by atoms with E-state index in [1.54, 1.807) is 6.20 Å². The first-order valence-corrected chi connectivity index (χ1v) is 5.23. The Bertz CT molecular complexity index is 319. The molecular weight excluding hydrogens is 190 g/mol. The van der Waals surface area contributed by atoms with Crippen LogP contribution < -0.4 is 15.5 Å². The Morgan fingerprint density at radius 1 is 1.53 bits per heavy atom. The van der Waals surface area contributed by atoms with E-state index < -0.39 is 0 Å². The fourth-order valence-electron chi connectivity index (χ4n) is 1.63. The van der Waals surface area contributed by atoms with Crippen LogP contribution >= 0.6 is 0 Å². The molecule has 1 aromatic heterocycles. The molecule has 0 aliphatic carbocycles. The zero-order valence-corrected chi connectivity index (χ0v) is 9.20. The Balaban J connectivity index is 2.04. The van der Waals surface area contributed by atoms with Gasteiger partial charge in [-0.15, -0.1) is 0 Å². The second kappa shape index (κ2) is 4.44. The van der Waals surface area contributed by atoms with Crippen LogP contribution in [0.25, 0.3) is 0 Å². The van der Waals surface area contributed by atoms with Crippen LogP contribution in [-0.2, 0) is 0 Å². The lowest BCUT2D eigenvalue weighted by Gasteiger charge is -2.14. The number of rotatable bonds is 3. The van der Waals surface area contributed by atoms with Crippen LogP contribution in [0.15, 0.2) is 12.3 Å². The summed E-state index contributed by atoms with van der Waals surface area (Å²) in [6.07, 6.45) is 2.92. The summed E-state index contributed by atoms with van der Waals surface area (Å²) >= 11 is 0. The van der Waals surface area contributed by atoms with Crippen LogP contribution in [0.2, 0.25) is 0 Å². The second-order valence-electron chi connectivity index (χ2n) is 3.97. The summed E-state index contributed by atoms with van der Waals surface area (Å²) in [5.74, 6) is 1.65. The van der Waals surface area contributed by atoms with Crippen molar-refractivity contribution < 1.29 is 0 Å². The lowest BCUT2D eigenvalue weighted by molar-refractivity contribution is 0.780. The highest BCUT2D eigenvalue weighted by Gasteiger charge is 2.14. The molecule has 0 radical (unpaired) electrons. The van der Waals surface area contributed by atoms with Gasteiger partial charge in [-0.2, -0.15) is 4.98 Å². The van der Waals surface area contributed by atoms with E-state index >= 15 is 0 Å². The minimum Gasteiger partial charge on any atom is -0.363 e. The fraction of sp³-hybridized carbons (Fsp3) is 0.600. The average molecular weight is 207 g/mol. The maximum absolute atomic E-state index is 4.41. The predicted octanol–water partition coefficient (Wildman–Crippen LogP) is 0.316. The van der Waals surface area contributed by atoms with Gasteiger partial charge in [0.05, 0.1) is 0 Å². The second-order valence-corrected chi connectivity index (χ2v) is 3.97. The van der Waals surface area contributed by atoms with Crippen molar-refractivity contribution in [2.24, 2.45) is 0 Å². The van der Waals surface area contributed by atoms with Crippen molar-refractivity contribution >= 4 is 11.8 Å². The van der Waals surface area contributed by atoms with Crippen LogP contribution in [0.5, 0.6) is 0 Å². The molecule has 15 heavy (non-hydrogen) atoms. The highest BCUT2D eigenvalue weighted by atomic mass is 15.2. The third-order valence-corrected chi connectivity index (χ3v) is 2.49. The van der Waals surface area contributed by atoms with E-state index in [2.05, 4.69) is 20.6 Å². The Morgan fingerprint density at radius 3 is 3.07 bits per heavy atom. The third kappa shape index (κ3) is 2.56. The van der Waals surface area contributed by atoms with Crippen LogP contribution in [-0.4, -0.2) is 43.2 Å². The quantitative estimate of drug-likeness (QED) is 0.747. The molecule has 0 spiro atoms. The summed E-state index contributed by atoms with van der Waals surface area (Å²) in [7, 11) is 3.95. The summed E-state index contributed by atoms with van der Waals surface area (Å²) in [5.41, 5.74) is 0. The van der Waals surface area contributed by atoms with Crippen molar-refractivity contribution in [3.63, 3.8) is 0 Å². The molecule has 1 aromatic rings. The monoisotopic (exact) mass is 207 g/mol. The van der Waals surface area contributed by atoms with Crippen molar-refractivity contribution in [3.8, 4) is 0 Å². The molecule has 1 aliphatic rings. The molecule has 1 saturated heterocycles. The fourth-order valence-corrected chi connectivity index (χ4v) is 1.63. The number of hydrogen-bond donors (Lipinski definition) is 2. The zero-order chi connectivity index (χ0) is 10.7. The Labute approximate surface area is 89.9 Å². The van der Waals surface area contributed by atoms with Gasteiger partial charge >= 0.3 is 0 Å². The molecule has 2 heterocycles. The van der Waals surface area contributed by atoms with Gasteiger partial charge in [-0.1, -0.05) is 0 Å². The largest absolute Gasteiger partial charge is 0.363 e. The molecule has 2 rings (SSSR count). The van der Waals surface area contributed by atoms with Gasteiger partial charge in [0.25, 0.3) is 0 Å². The molecule has 0 aromatic carbocycles. The van der Waals surface area contributed by atoms with Gasteiger partial charge in [0.15, 0.2) is 0 Å². The maximum Gasteiger partial charge on any atom is 0.224 e. The normalized spacial score (nSPS) is 20.3. The Kier molecular flexibility index (Phi) is 3.01. The van der Waals surface area contributed by atoms with Crippen molar-refractivity contribution in [1.29, 1.82) is 0 Å². The van der Waals surface area contributed by atoms with E-state index in [1.165, 1.54) is 0 Å². The first kappa shape index (κ1) is 10.2. The number of aromatic nitrogens is 2. The SMILES string of the molecule is CN(C)c1ccnc(NC2CCNC2)n1. The topological polar surface area (TPSA) is 53.1 Å². The van der Waals surface area contributed by atoms with Crippen LogP contribution in [0.3, 0.4) is 0 Å². The standard InChI is InChI=1S/C10H17N5/c1-15(2)9-4-6-12-10(14-9)13-8-3-5-11-7-8/h4,6,8,11H,3,5,7H2,1-2H3,(H,12,13,14). The lowest BCUT2D eigenvalue weighted by Crippen LogP contribution is -2.23. The van der Waals surface area contributed by atoms with Gasteiger partial charge in [0, 0.05) is 32.9 Å². The van der Waals surface area contributed by atoms with Gasteiger partial charge in [-0.3, -0.25) is 0 Å². The summed E-state index contributed by atoms with van der Waals surface area (Å²) in [6.45, 7) is 2.07. The smallest absolute Gasteiger partial charge is 0.224 e. The summed E-state index contributed by atoms with van der Waals surface area (Å²) in [5, 5.41) is 6.63. The molecule has 1 aliphatic heterocycles. The van der Waals surface area contributed by atoms with Crippen LogP contribution in [0.1, 0.15) is 6.42 Å². The average Bonchev–Trinajstić information content (AvgIpc) is 2.71. The Hall–Kier alpha value is -1.36. The highest BCUT2D eigenvalue weighted by Crippen LogP contribution is 2.11. The van der Waals surface area contributed by atoms with E-state index in [-0.39, 0.29) is 0 Å². The molecule has 2 N–H and O–H groups in total. The summed E-state index contributed by atoms with van der Waals surface area (Å²) in [6, 6.07) is 2.36. The minimum atomic E-state index is 0.461. The van der Waals surface area contributed by atoms with Gasteiger partial charge < -0.3 is 15.5 Å². The van der Waals surface area contributed by atoms with Crippen LogP contribution in [0.4, 0.5) is 11.8 Å². The summed E-state index contributed by atoms with van der Waals surface area (Å²) in [4.78, 5) is 10.6. The zero-order valence-electron chi connectivity index (χ0n) is 9.20. The van der Waals surface area contributed by atoms with Crippen molar-refractivity contribution in [3.05, 3.63) is 12.3 Å². The van der Waals surface area contributed by atoms with Gasteiger partial charge in [-0.25, -0.2) is 4.98 Å². The molecule has 5 nitrogen and oxygen atoms in total. The molecule has 5 heteroatoms. The van der Waals surface area contributed by atoms with Crippen molar-refractivity contribution in [2.75, 3.05) is 37.4 Å². The Morgan fingerprint density at radius 2 is 2.40 bits per heavy atom.